The van der Waals surface area contributed by atoms with Crippen molar-refractivity contribution < 1.29 is 22.4 Å². The first-order valence-corrected chi connectivity index (χ1v) is 11.9. The van der Waals surface area contributed by atoms with E-state index in [1.165, 1.54) is 22.5 Å². The molecule has 4 rings (SSSR count). The average molecular weight is 439 g/mol. The number of piperazine rings is 1. The number of halogens is 1. The molecule has 3 heterocycles. The average Bonchev–Trinajstić information content (AvgIpc) is 3.02. The number of hydrogen-bond donors (Lipinski definition) is 1. The van der Waals surface area contributed by atoms with Gasteiger partial charge in [-0.3, -0.25) is 9.59 Å². The van der Waals surface area contributed by atoms with Crippen molar-refractivity contribution in [1.82, 2.24) is 13.5 Å². The van der Waals surface area contributed by atoms with Gasteiger partial charge in [0.25, 0.3) is 10.2 Å². The van der Waals surface area contributed by atoms with E-state index in [0.29, 0.717) is 24.3 Å². The third-order valence-corrected chi connectivity index (χ3v) is 8.16. The molecule has 30 heavy (non-hydrogen) atoms. The Bertz CT molecular complexity index is 923. The Hall–Kier alpha value is -2.04. The molecule has 0 saturated carbocycles. The molecule has 2 fully saturated rings. The highest BCUT2D eigenvalue weighted by atomic mass is 32.2. The molecule has 1 atom stereocenters. The van der Waals surface area contributed by atoms with E-state index in [-0.39, 0.29) is 44.4 Å². The number of carbonyl (C=O) groups is 2. The normalized spacial score (nSPS) is 24.1. The molecule has 0 aliphatic carbocycles. The van der Waals surface area contributed by atoms with Crippen LogP contribution < -0.4 is 5.32 Å². The highest BCUT2D eigenvalue weighted by molar-refractivity contribution is 7.86. The Balaban J connectivity index is 1.43. The summed E-state index contributed by atoms with van der Waals surface area (Å²) >= 11 is 0. The van der Waals surface area contributed by atoms with E-state index >= 15 is 0 Å². The predicted molar refractivity (Wildman–Crippen MR) is 110 cm³/mol. The molecule has 164 valence electrons. The Morgan fingerprint density at radius 1 is 0.967 bits per heavy atom. The zero-order valence-corrected chi connectivity index (χ0v) is 17.7. The van der Waals surface area contributed by atoms with Crippen LogP contribution in [0.1, 0.15) is 43.6 Å². The fraction of sp³-hybridized carbons (Fsp3) is 0.600. The molecule has 0 bridgehead atoms. The monoisotopic (exact) mass is 438 g/mol. The molecule has 3 aliphatic rings. The summed E-state index contributed by atoms with van der Waals surface area (Å²) in [5.74, 6) is -1.70. The van der Waals surface area contributed by atoms with Crippen LogP contribution >= 0.6 is 0 Å². The maximum absolute atomic E-state index is 13.5. The van der Waals surface area contributed by atoms with E-state index in [4.69, 9.17) is 0 Å². The first-order valence-electron chi connectivity index (χ1n) is 10.5. The highest BCUT2D eigenvalue weighted by Crippen LogP contribution is 2.34. The van der Waals surface area contributed by atoms with Crippen molar-refractivity contribution in [1.29, 1.82) is 0 Å². The summed E-state index contributed by atoms with van der Waals surface area (Å²) in [6.07, 6.45) is 3.86. The Morgan fingerprint density at radius 3 is 2.27 bits per heavy atom. The topological polar surface area (TPSA) is 90.0 Å². The van der Waals surface area contributed by atoms with Crippen molar-refractivity contribution in [3.63, 3.8) is 0 Å². The van der Waals surface area contributed by atoms with Gasteiger partial charge in [0, 0.05) is 51.4 Å². The van der Waals surface area contributed by atoms with Crippen molar-refractivity contribution in [2.75, 3.05) is 44.6 Å². The lowest BCUT2D eigenvalue weighted by Crippen LogP contribution is -2.55. The SMILES string of the molecule is O=C1CC(C(=O)N2CCN(S(=O)(=O)N3CCCCCC3)CC2)c2ccc(F)cc2N1. The van der Waals surface area contributed by atoms with Crippen LogP contribution in [0.2, 0.25) is 0 Å². The smallest absolute Gasteiger partial charge is 0.282 e. The minimum absolute atomic E-state index is 0.00373. The number of anilines is 1. The van der Waals surface area contributed by atoms with Gasteiger partial charge in [-0.2, -0.15) is 17.0 Å². The lowest BCUT2D eigenvalue weighted by Gasteiger charge is -2.38. The predicted octanol–water partition coefficient (Wildman–Crippen LogP) is 1.52. The van der Waals surface area contributed by atoms with Gasteiger partial charge in [-0.1, -0.05) is 18.9 Å². The summed E-state index contributed by atoms with van der Waals surface area (Å²) in [5.41, 5.74) is 0.924. The van der Waals surface area contributed by atoms with Crippen LogP contribution in [0.15, 0.2) is 18.2 Å². The minimum Gasteiger partial charge on any atom is -0.340 e. The zero-order valence-electron chi connectivity index (χ0n) is 16.8. The van der Waals surface area contributed by atoms with Gasteiger partial charge in [0.1, 0.15) is 5.82 Å². The number of benzene rings is 1. The molecular weight excluding hydrogens is 411 g/mol. The Kier molecular flexibility index (Phi) is 6.08. The van der Waals surface area contributed by atoms with Crippen molar-refractivity contribution in [3.8, 4) is 0 Å². The van der Waals surface area contributed by atoms with Gasteiger partial charge in [-0.25, -0.2) is 4.39 Å². The number of rotatable bonds is 3. The maximum atomic E-state index is 13.5. The first kappa shape index (κ1) is 21.2. The molecule has 0 spiro atoms. The van der Waals surface area contributed by atoms with Gasteiger partial charge in [0.2, 0.25) is 11.8 Å². The largest absolute Gasteiger partial charge is 0.340 e. The van der Waals surface area contributed by atoms with Crippen molar-refractivity contribution in [2.24, 2.45) is 0 Å². The third kappa shape index (κ3) is 4.21. The van der Waals surface area contributed by atoms with Crippen molar-refractivity contribution >= 4 is 27.7 Å². The zero-order chi connectivity index (χ0) is 21.3. The summed E-state index contributed by atoms with van der Waals surface area (Å²) in [6, 6.07) is 4.04. The Labute approximate surface area is 176 Å². The van der Waals surface area contributed by atoms with Gasteiger partial charge in [0.15, 0.2) is 0 Å². The number of carbonyl (C=O) groups excluding carboxylic acids is 2. The summed E-state index contributed by atoms with van der Waals surface area (Å²) in [6.45, 7) is 2.12. The van der Waals surface area contributed by atoms with Crippen LogP contribution in [0.3, 0.4) is 0 Å². The number of nitrogens with zero attached hydrogens (tertiary/aromatic N) is 3. The van der Waals surface area contributed by atoms with E-state index < -0.39 is 21.9 Å². The second-order valence-corrected chi connectivity index (χ2v) is 10.0. The van der Waals surface area contributed by atoms with Crippen LogP contribution in [-0.2, 0) is 19.8 Å². The summed E-state index contributed by atoms with van der Waals surface area (Å²) < 4.78 is 42.5. The maximum Gasteiger partial charge on any atom is 0.282 e. The first-order chi connectivity index (χ1) is 14.4. The van der Waals surface area contributed by atoms with Gasteiger partial charge >= 0.3 is 0 Å². The summed E-state index contributed by atoms with van der Waals surface area (Å²) in [4.78, 5) is 26.8. The van der Waals surface area contributed by atoms with Crippen LogP contribution in [0.4, 0.5) is 10.1 Å². The molecule has 1 N–H and O–H groups in total. The fourth-order valence-corrected chi connectivity index (χ4v) is 6.12. The molecule has 2 amide bonds. The second kappa shape index (κ2) is 8.60. The van der Waals surface area contributed by atoms with E-state index in [0.717, 1.165) is 25.7 Å². The van der Waals surface area contributed by atoms with Crippen LogP contribution in [0.5, 0.6) is 0 Å². The standard InChI is InChI=1S/C20H27FN4O4S/c21-15-5-6-16-17(14-19(26)22-18(16)13-15)20(27)23-9-11-25(12-10-23)30(28,29)24-7-3-1-2-4-8-24/h5-6,13,17H,1-4,7-12,14H2,(H,22,26). The molecule has 0 radical (unpaired) electrons. The van der Waals surface area contributed by atoms with E-state index in [1.807, 2.05) is 0 Å². The van der Waals surface area contributed by atoms with Gasteiger partial charge < -0.3 is 10.2 Å². The number of fused-ring (bicyclic) bond motifs is 1. The molecule has 2 saturated heterocycles. The van der Waals surface area contributed by atoms with E-state index in [1.54, 1.807) is 9.21 Å². The number of nitrogens with one attached hydrogen (secondary N) is 1. The number of amides is 2. The van der Waals surface area contributed by atoms with E-state index in [2.05, 4.69) is 5.32 Å². The van der Waals surface area contributed by atoms with Gasteiger partial charge in [0.05, 0.1) is 5.92 Å². The Morgan fingerprint density at radius 2 is 1.60 bits per heavy atom. The quantitative estimate of drug-likeness (QED) is 0.775. The molecule has 1 aromatic rings. The van der Waals surface area contributed by atoms with Crippen LogP contribution in [0.25, 0.3) is 0 Å². The van der Waals surface area contributed by atoms with Gasteiger partial charge in [-0.05, 0) is 30.5 Å². The van der Waals surface area contributed by atoms with E-state index in [9.17, 15) is 22.4 Å². The summed E-state index contributed by atoms with van der Waals surface area (Å²) in [5, 5.41) is 2.61. The van der Waals surface area contributed by atoms with Gasteiger partial charge in [-0.15, -0.1) is 0 Å². The third-order valence-electron chi connectivity index (χ3n) is 6.12. The van der Waals surface area contributed by atoms with Crippen LogP contribution in [-0.4, -0.2) is 73.0 Å². The second-order valence-electron chi connectivity index (χ2n) is 8.08. The molecule has 8 nitrogen and oxygen atoms in total. The lowest BCUT2D eigenvalue weighted by molar-refractivity contribution is -0.136. The van der Waals surface area contributed by atoms with Crippen molar-refractivity contribution in [3.05, 3.63) is 29.6 Å². The molecule has 1 aromatic carbocycles. The van der Waals surface area contributed by atoms with Crippen molar-refractivity contribution in [2.45, 2.75) is 38.0 Å². The molecule has 1 unspecified atom stereocenters. The number of hydrogen-bond acceptors (Lipinski definition) is 4. The summed E-state index contributed by atoms with van der Waals surface area (Å²) in [7, 11) is -3.52. The molecular formula is C20H27FN4O4S. The lowest BCUT2D eigenvalue weighted by atomic mass is 9.89. The van der Waals surface area contributed by atoms with Crippen LogP contribution in [0, 0.1) is 5.82 Å². The molecule has 10 heteroatoms. The molecule has 3 aliphatic heterocycles. The fourth-order valence-electron chi connectivity index (χ4n) is 4.45. The minimum atomic E-state index is -3.52. The highest BCUT2D eigenvalue weighted by Gasteiger charge is 2.37. The molecule has 0 aromatic heterocycles.